The average Bonchev–Trinajstić information content (AvgIpc) is 3.77. The van der Waals surface area contributed by atoms with Crippen molar-refractivity contribution >= 4 is 22.1 Å². The van der Waals surface area contributed by atoms with E-state index in [1.165, 1.54) is 32.3 Å². The summed E-state index contributed by atoms with van der Waals surface area (Å²) in [6.45, 7) is 2.99. The molecule has 0 N–H and O–H groups in total. The number of aromatic nitrogens is 6. The molecule has 0 aliphatic rings. The molecule has 4 aromatic heterocycles. The number of ether oxygens (including phenoxy) is 2. The third kappa shape index (κ3) is 10.9. The molecule has 0 fully saturated rings. The highest BCUT2D eigenvalue weighted by Gasteiger charge is 2.12. The van der Waals surface area contributed by atoms with Crippen molar-refractivity contribution in [3.8, 4) is 22.8 Å². The van der Waals surface area contributed by atoms with Crippen LogP contribution in [0.3, 0.4) is 0 Å². The number of pyridine rings is 2. The first-order valence-electron chi connectivity index (χ1n) is 14.7. The summed E-state index contributed by atoms with van der Waals surface area (Å²) in [5.41, 5.74) is 4.61. The second-order valence-electron chi connectivity index (χ2n) is 10.6. The number of imidazole rings is 2. The van der Waals surface area contributed by atoms with Crippen LogP contribution in [0, 0.1) is 0 Å². The quantitative estimate of drug-likeness (QED) is 0.132. The third-order valence-corrected chi connectivity index (χ3v) is 7.43. The molecule has 0 aliphatic heterocycles. The fraction of sp³-hybridized carbons (Fsp3) is 0.273. The molecule has 0 spiro atoms. The zero-order valence-corrected chi connectivity index (χ0v) is 27.9. The van der Waals surface area contributed by atoms with Crippen molar-refractivity contribution in [2.75, 3.05) is 40.7 Å². The Morgan fingerprint density at radius 2 is 1.27 bits per heavy atom. The van der Waals surface area contributed by atoms with Gasteiger partial charge in [0.2, 0.25) is 0 Å². The second kappa shape index (κ2) is 17.1. The fourth-order valence-electron chi connectivity index (χ4n) is 4.41. The van der Waals surface area contributed by atoms with Crippen molar-refractivity contribution in [2.45, 2.75) is 19.6 Å². The van der Waals surface area contributed by atoms with Crippen LogP contribution in [0.2, 0.25) is 0 Å². The van der Waals surface area contributed by atoms with Gasteiger partial charge in [-0.2, -0.15) is 8.42 Å². The van der Waals surface area contributed by atoms with Gasteiger partial charge in [0.25, 0.3) is 10.1 Å². The van der Waals surface area contributed by atoms with Gasteiger partial charge >= 0.3 is 11.9 Å². The number of carbonyl (C=O) groups excluding carboxylic acids is 2. The van der Waals surface area contributed by atoms with Gasteiger partial charge in [-0.05, 0) is 36.9 Å². The molecule has 1 aromatic carbocycles. The molecule has 0 unspecified atom stereocenters. The molecule has 0 bridgehead atoms. The minimum atomic E-state index is -3.46. The van der Waals surface area contributed by atoms with E-state index < -0.39 is 16.1 Å². The van der Waals surface area contributed by atoms with Crippen LogP contribution >= 0.6 is 0 Å². The lowest BCUT2D eigenvalue weighted by molar-refractivity contribution is 0.0592. The van der Waals surface area contributed by atoms with Crippen molar-refractivity contribution in [3.63, 3.8) is 0 Å². The van der Waals surface area contributed by atoms with Crippen LogP contribution in [0.4, 0.5) is 0 Å². The second-order valence-corrected chi connectivity index (χ2v) is 12.2. The summed E-state index contributed by atoms with van der Waals surface area (Å²) in [5.74, 6) is -0.833. The molecule has 5 aromatic rings. The molecule has 0 aliphatic carbocycles. The summed E-state index contributed by atoms with van der Waals surface area (Å²) < 4.78 is 39.5. The Morgan fingerprint density at radius 1 is 0.750 bits per heavy atom. The Kier molecular flexibility index (Phi) is 12.7. The summed E-state index contributed by atoms with van der Waals surface area (Å²) in [6, 6.07) is 16.8. The number of carbonyl (C=O) groups is 2. The van der Waals surface area contributed by atoms with Crippen molar-refractivity contribution in [3.05, 3.63) is 109 Å². The minimum absolute atomic E-state index is 0.0181. The molecule has 14 nitrogen and oxygen atoms in total. The van der Waals surface area contributed by atoms with Crippen LogP contribution < -0.4 is 0 Å². The van der Waals surface area contributed by atoms with Crippen LogP contribution in [0.15, 0.2) is 92.0 Å². The number of benzene rings is 1. The number of rotatable bonds is 13. The number of methoxy groups -OCH3 is 2. The Morgan fingerprint density at radius 3 is 1.77 bits per heavy atom. The van der Waals surface area contributed by atoms with E-state index in [9.17, 15) is 18.0 Å². The molecule has 0 atom stereocenters. The third-order valence-electron chi connectivity index (χ3n) is 6.84. The molecule has 0 amide bonds. The van der Waals surface area contributed by atoms with Crippen molar-refractivity contribution in [1.29, 1.82) is 0 Å². The zero-order chi connectivity index (χ0) is 34.5. The molecule has 15 heteroatoms. The van der Waals surface area contributed by atoms with Crippen molar-refractivity contribution in [1.82, 2.24) is 34.0 Å². The molecule has 0 saturated heterocycles. The smallest absolute Gasteiger partial charge is 0.337 e. The monoisotopic (exact) mass is 675 g/mol. The van der Waals surface area contributed by atoms with Crippen molar-refractivity contribution < 1.29 is 31.7 Å². The van der Waals surface area contributed by atoms with Gasteiger partial charge in [-0.25, -0.2) is 19.6 Å². The largest absolute Gasteiger partial charge is 0.465 e. The van der Waals surface area contributed by atoms with E-state index in [1.54, 1.807) is 47.6 Å². The first kappa shape index (κ1) is 35.6. The van der Waals surface area contributed by atoms with E-state index in [1.807, 2.05) is 16.8 Å². The van der Waals surface area contributed by atoms with E-state index in [0.29, 0.717) is 34.8 Å². The van der Waals surface area contributed by atoms with Gasteiger partial charge in [0.15, 0.2) is 0 Å². The predicted octanol–water partition coefficient (Wildman–Crippen LogP) is 3.57. The van der Waals surface area contributed by atoms with Crippen LogP contribution in [0.1, 0.15) is 26.3 Å². The number of hydrogen-bond donors (Lipinski definition) is 0. The SMILES string of the molecule is COC(=O)c1ccnc(-c2cn(CCN(C)Cc3ccccc3)cn2)c1.COC(=O)c1ccnc(-c2cn(CCOS(C)(=O)=O)cn2)c1. The van der Waals surface area contributed by atoms with Crippen LogP contribution in [-0.4, -0.2) is 95.0 Å². The lowest BCUT2D eigenvalue weighted by Crippen LogP contribution is -2.22. The average molecular weight is 676 g/mol. The molecule has 5 rings (SSSR count). The Bertz CT molecular complexity index is 1910. The Balaban J connectivity index is 0.000000220. The lowest BCUT2D eigenvalue weighted by atomic mass is 10.2. The van der Waals surface area contributed by atoms with E-state index in [4.69, 9.17) is 4.74 Å². The maximum atomic E-state index is 11.6. The van der Waals surface area contributed by atoms with Gasteiger partial charge in [-0.3, -0.25) is 14.2 Å². The number of likely N-dealkylation sites (N-methyl/N-ethyl adjacent to an activating group) is 1. The van der Waals surface area contributed by atoms with Gasteiger partial charge in [0.05, 0.1) is 62.3 Å². The topological polar surface area (TPSA) is 161 Å². The summed E-state index contributed by atoms with van der Waals surface area (Å²) in [7, 11) is 1.32. The number of nitrogens with zero attached hydrogens (tertiary/aromatic N) is 7. The normalized spacial score (nSPS) is 11.1. The standard InChI is InChI=1S/C20H22N4O2.C13H15N3O5S/c1-23(13-16-6-4-3-5-7-16)10-11-24-14-19(22-15-24)18-12-17(8-9-21-18)20(25)26-2;1-20-13(17)10-3-4-14-11(7-10)12-8-16(9-15-12)5-6-21-22(2,18)19/h3-9,12,14-15H,10-11,13H2,1-2H3;3-4,7-9H,5-6H2,1-2H3. The molecule has 48 heavy (non-hydrogen) atoms. The Labute approximate surface area is 279 Å². The minimum Gasteiger partial charge on any atom is -0.465 e. The van der Waals surface area contributed by atoms with Crippen molar-refractivity contribution in [2.24, 2.45) is 0 Å². The summed E-state index contributed by atoms with van der Waals surface area (Å²) in [5, 5.41) is 0. The molecule has 0 saturated carbocycles. The number of esters is 2. The first-order valence-corrected chi connectivity index (χ1v) is 16.6. The van der Waals surface area contributed by atoms with E-state index in [2.05, 4.69) is 65.1 Å². The van der Waals surface area contributed by atoms with Crippen LogP contribution in [-0.2, 0) is 43.4 Å². The summed E-state index contributed by atoms with van der Waals surface area (Å²) in [6.07, 6.45) is 11.0. The van der Waals surface area contributed by atoms with Gasteiger partial charge in [-0.15, -0.1) is 0 Å². The van der Waals surface area contributed by atoms with Gasteiger partial charge in [-0.1, -0.05) is 30.3 Å². The first-order chi connectivity index (χ1) is 23.0. The molecule has 4 heterocycles. The van der Waals surface area contributed by atoms with E-state index in [-0.39, 0.29) is 12.6 Å². The highest BCUT2D eigenvalue weighted by molar-refractivity contribution is 7.85. The predicted molar refractivity (Wildman–Crippen MR) is 177 cm³/mol. The summed E-state index contributed by atoms with van der Waals surface area (Å²) in [4.78, 5) is 42.4. The Hall–Kier alpha value is -5.25. The van der Waals surface area contributed by atoms with Crippen LogP contribution in [0.5, 0.6) is 0 Å². The molecular formula is C33H37N7O7S. The fourth-order valence-corrected chi connectivity index (χ4v) is 4.79. The van der Waals surface area contributed by atoms with Crippen LogP contribution in [0.25, 0.3) is 22.8 Å². The molecule has 0 radical (unpaired) electrons. The maximum Gasteiger partial charge on any atom is 0.337 e. The van der Waals surface area contributed by atoms with E-state index >= 15 is 0 Å². The molecular weight excluding hydrogens is 638 g/mol. The lowest BCUT2D eigenvalue weighted by Gasteiger charge is -2.16. The van der Waals surface area contributed by atoms with Gasteiger partial charge in [0, 0.05) is 51.0 Å². The molecule has 252 valence electrons. The number of hydrogen-bond acceptors (Lipinski definition) is 12. The highest BCUT2D eigenvalue weighted by Crippen LogP contribution is 2.17. The maximum absolute atomic E-state index is 11.6. The zero-order valence-electron chi connectivity index (χ0n) is 27.1. The van der Waals surface area contributed by atoms with Gasteiger partial charge in [0.1, 0.15) is 11.4 Å². The van der Waals surface area contributed by atoms with Gasteiger partial charge < -0.3 is 23.5 Å². The summed E-state index contributed by atoms with van der Waals surface area (Å²) >= 11 is 0. The van der Waals surface area contributed by atoms with E-state index in [0.717, 1.165) is 31.6 Å². The highest BCUT2D eigenvalue weighted by atomic mass is 32.2.